The lowest BCUT2D eigenvalue weighted by molar-refractivity contribution is 0.317. The van der Waals surface area contributed by atoms with Gasteiger partial charge in [0.2, 0.25) is 8.32 Å². The van der Waals surface area contributed by atoms with Crippen LogP contribution >= 0.6 is 0 Å². The zero-order valence-corrected chi connectivity index (χ0v) is 13.7. The summed E-state index contributed by atoms with van der Waals surface area (Å²) in [7, 11) is -1.94. The van der Waals surface area contributed by atoms with Gasteiger partial charge in [0.05, 0.1) is 0 Å². The van der Waals surface area contributed by atoms with E-state index in [-0.39, 0.29) is 0 Å². The van der Waals surface area contributed by atoms with E-state index in [0.717, 1.165) is 6.61 Å². The number of hydrogen-bond acceptors (Lipinski definition) is 1. The van der Waals surface area contributed by atoms with Gasteiger partial charge in [-0.25, -0.2) is 0 Å². The molecule has 1 nitrogen and oxygen atoms in total. The first-order valence-electron chi connectivity index (χ1n) is 7.68. The summed E-state index contributed by atoms with van der Waals surface area (Å²) in [5.74, 6) is 0. The van der Waals surface area contributed by atoms with Crippen LogP contribution < -0.4 is 0 Å². The van der Waals surface area contributed by atoms with Crippen LogP contribution in [0.25, 0.3) is 0 Å². The first kappa shape index (κ1) is 14.3. The van der Waals surface area contributed by atoms with Crippen molar-refractivity contribution in [2.24, 2.45) is 0 Å². The summed E-state index contributed by atoms with van der Waals surface area (Å²) in [6.45, 7) is 5.28. The predicted molar refractivity (Wildman–Crippen MR) is 90.8 cm³/mol. The quantitative estimate of drug-likeness (QED) is 0.580. The molecule has 3 rings (SSSR count). The maximum atomic E-state index is 6.40. The zero-order valence-electron chi connectivity index (χ0n) is 12.7. The van der Waals surface area contributed by atoms with Gasteiger partial charge in [-0.1, -0.05) is 72.8 Å². The van der Waals surface area contributed by atoms with Crippen molar-refractivity contribution >= 4 is 8.32 Å². The summed E-state index contributed by atoms with van der Waals surface area (Å²) in [6.07, 6.45) is 4.74. The molecule has 0 radical (unpaired) electrons. The Labute approximate surface area is 128 Å². The van der Waals surface area contributed by atoms with Gasteiger partial charge in [-0.05, 0) is 24.6 Å². The smallest absolute Gasteiger partial charge is 0.211 e. The first-order chi connectivity index (χ1) is 10.3. The molecule has 0 amide bonds. The van der Waals surface area contributed by atoms with Crippen LogP contribution in [0.4, 0.5) is 0 Å². The van der Waals surface area contributed by atoms with E-state index >= 15 is 0 Å². The van der Waals surface area contributed by atoms with Crippen molar-refractivity contribution in [2.45, 2.75) is 24.6 Å². The summed E-state index contributed by atoms with van der Waals surface area (Å²) >= 11 is 0. The molecule has 1 aliphatic heterocycles. The van der Waals surface area contributed by atoms with E-state index in [0.29, 0.717) is 11.1 Å². The molecule has 2 aromatic rings. The van der Waals surface area contributed by atoms with Crippen LogP contribution in [-0.2, 0) is 4.43 Å². The fourth-order valence-electron chi connectivity index (χ4n) is 3.49. The van der Waals surface area contributed by atoms with Gasteiger partial charge in [0.1, 0.15) is 0 Å². The second-order valence-electron chi connectivity index (χ2n) is 5.78. The molecule has 2 atom stereocenters. The molecule has 21 heavy (non-hydrogen) atoms. The van der Waals surface area contributed by atoms with E-state index in [2.05, 4.69) is 86.3 Å². The second-order valence-corrected chi connectivity index (χ2v) is 9.68. The normalized spacial score (nSPS) is 23.3. The van der Waals surface area contributed by atoms with E-state index < -0.39 is 8.32 Å². The van der Waals surface area contributed by atoms with E-state index in [1.54, 1.807) is 0 Å². The van der Waals surface area contributed by atoms with Crippen LogP contribution in [0.1, 0.15) is 29.1 Å². The molecule has 0 fully saturated rings. The molecule has 1 aliphatic rings. The molecule has 0 saturated heterocycles. The van der Waals surface area contributed by atoms with Gasteiger partial charge in [0.25, 0.3) is 0 Å². The average molecular weight is 294 g/mol. The van der Waals surface area contributed by atoms with Crippen LogP contribution in [-0.4, -0.2) is 14.9 Å². The lowest BCUT2D eigenvalue weighted by Gasteiger charge is -2.35. The third-order valence-corrected chi connectivity index (χ3v) is 8.94. The Kier molecular flexibility index (Phi) is 4.09. The van der Waals surface area contributed by atoms with E-state index in [1.165, 1.54) is 11.1 Å². The number of benzene rings is 2. The maximum absolute atomic E-state index is 6.40. The molecule has 0 bridgehead atoms. The van der Waals surface area contributed by atoms with Crippen LogP contribution in [0.2, 0.25) is 6.55 Å². The van der Waals surface area contributed by atoms with Crippen LogP contribution in [0.5, 0.6) is 0 Å². The van der Waals surface area contributed by atoms with Gasteiger partial charge in [-0.3, -0.25) is 0 Å². The van der Waals surface area contributed by atoms with Crippen molar-refractivity contribution in [3.8, 4) is 0 Å². The highest BCUT2D eigenvalue weighted by Gasteiger charge is 2.48. The van der Waals surface area contributed by atoms with Crippen LogP contribution in [0, 0.1) is 0 Å². The van der Waals surface area contributed by atoms with Crippen molar-refractivity contribution in [3.05, 3.63) is 83.9 Å². The number of hydrogen-bond donors (Lipinski definition) is 0. The van der Waals surface area contributed by atoms with Gasteiger partial charge in [-0.2, -0.15) is 0 Å². The minimum absolute atomic E-state index is 0.434. The fraction of sp³-hybridized carbons (Fsp3) is 0.263. The predicted octanol–water partition coefficient (Wildman–Crippen LogP) is 4.81. The van der Waals surface area contributed by atoms with Crippen molar-refractivity contribution in [3.63, 3.8) is 0 Å². The third-order valence-electron chi connectivity index (χ3n) is 4.50. The van der Waals surface area contributed by atoms with Crippen molar-refractivity contribution in [1.82, 2.24) is 0 Å². The molecule has 1 heterocycles. The second kappa shape index (κ2) is 6.00. The van der Waals surface area contributed by atoms with Gasteiger partial charge < -0.3 is 4.43 Å². The third kappa shape index (κ3) is 2.61. The largest absolute Gasteiger partial charge is 0.416 e. The van der Waals surface area contributed by atoms with Crippen molar-refractivity contribution in [1.29, 1.82) is 0 Å². The van der Waals surface area contributed by atoms with Crippen LogP contribution in [0.3, 0.4) is 0 Å². The van der Waals surface area contributed by atoms with Gasteiger partial charge in [0, 0.05) is 17.7 Å². The summed E-state index contributed by atoms with van der Waals surface area (Å²) in [6, 6.07) is 21.6. The molecule has 0 N–H and O–H groups in total. The summed E-state index contributed by atoms with van der Waals surface area (Å²) in [4.78, 5) is 0. The highest BCUT2D eigenvalue weighted by atomic mass is 28.4. The molecule has 0 saturated carbocycles. The highest BCUT2D eigenvalue weighted by Crippen LogP contribution is 2.45. The SMILES string of the molecule is CCO[Si]1(C)[C@@H](c2ccccc2)C=C[C@@H]1c1ccccc1. The monoisotopic (exact) mass is 294 g/mol. The number of rotatable bonds is 4. The van der Waals surface area contributed by atoms with Crippen molar-refractivity contribution in [2.75, 3.05) is 6.61 Å². The Morgan fingerprint density at radius 1 is 0.810 bits per heavy atom. The summed E-state index contributed by atoms with van der Waals surface area (Å²) in [5, 5.41) is 0. The molecule has 2 heteroatoms. The molecule has 2 aromatic carbocycles. The molecule has 0 aliphatic carbocycles. The molecule has 0 aromatic heterocycles. The van der Waals surface area contributed by atoms with E-state index in [9.17, 15) is 0 Å². The minimum atomic E-state index is -1.94. The van der Waals surface area contributed by atoms with E-state index in [1.807, 2.05) is 0 Å². The zero-order chi connectivity index (χ0) is 14.7. The Bertz CT molecular complexity index is 556. The molecule has 108 valence electrons. The topological polar surface area (TPSA) is 9.23 Å². The minimum Gasteiger partial charge on any atom is -0.416 e. The molecule has 0 unspecified atom stereocenters. The fourth-order valence-corrected chi connectivity index (χ4v) is 7.56. The molecular formula is C19H22OSi. The standard InChI is InChI=1S/C19H22OSi/c1-3-20-21(2)18(16-10-6-4-7-11-16)14-15-19(21)17-12-8-5-9-13-17/h4-15,18-19H,3H2,1-2H3/t18-,19-/m1/s1. The Hall–Kier alpha value is -1.64. The lowest BCUT2D eigenvalue weighted by Crippen LogP contribution is -2.44. The van der Waals surface area contributed by atoms with Crippen molar-refractivity contribution < 1.29 is 4.43 Å². The van der Waals surface area contributed by atoms with Crippen LogP contribution in [0.15, 0.2) is 72.8 Å². The average Bonchev–Trinajstić information content (AvgIpc) is 2.86. The Morgan fingerprint density at radius 2 is 1.24 bits per heavy atom. The lowest BCUT2D eigenvalue weighted by atomic mass is 10.1. The Balaban J connectivity index is 1.99. The molecular weight excluding hydrogens is 272 g/mol. The Morgan fingerprint density at radius 3 is 1.62 bits per heavy atom. The summed E-state index contributed by atoms with van der Waals surface area (Å²) < 4.78 is 6.40. The number of allylic oxidation sites excluding steroid dienone is 2. The maximum Gasteiger partial charge on any atom is 0.211 e. The van der Waals surface area contributed by atoms with E-state index in [4.69, 9.17) is 4.43 Å². The highest BCUT2D eigenvalue weighted by molar-refractivity contribution is 6.77. The van der Waals surface area contributed by atoms with Gasteiger partial charge in [-0.15, -0.1) is 0 Å². The first-order valence-corrected chi connectivity index (χ1v) is 10.2. The summed E-state index contributed by atoms with van der Waals surface area (Å²) in [5.41, 5.74) is 3.64. The molecule has 0 spiro atoms. The van der Waals surface area contributed by atoms with Gasteiger partial charge in [0.15, 0.2) is 0 Å². The van der Waals surface area contributed by atoms with Gasteiger partial charge >= 0.3 is 0 Å².